The fraction of sp³-hybridized carbons (Fsp3) is 0.333. The number of benzene rings is 1. The highest BCUT2D eigenvalue weighted by molar-refractivity contribution is 5.78. The van der Waals surface area contributed by atoms with Gasteiger partial charge in [-0.1, -0.05) is 12.2 Å². The molecule has 23 heavy (non-hydrogen) atoms. The minimum absolute atomic E-state index is 0.0946. The molecule has 0 fully saturated rings. The number of aromatic nitrogens is 2. The SMILES string of the molecule is CN(Cc1cnn(-c2ccc(F)cc2)c1)C(=O)[C@H]1CC=CCC1. The van der Waals surface area contributed by atoms with Crippen LogP contribution in [0.2, 0.25) is 0 Å². The second-order valence-corrected chi connectivity index (χ2v) is 5.95. The molecule has 0 bridgehead atoms. The Bertz CT molecular complexity index is 705. The summed E-state index contributed by atoms with van der Waals surface area (Å²) in [5.74, 6) is 0.00835. The molecular weight excluding hydrogens is 293 g/mol. The molecule has 0 spiro atoms. The van der Waals surface area contributed by atoms with Gasteiger partial charge in [0.15, 0.2) is 0 Å². The summed E-state index contributed by atoms with van der Waals surface area (Å²) in [5, 5.41) is 4.29. The minimum Gasteiger partial charge on any atom is -0.341 e. The van der Waals surface area contributed by atoms with Crippen LogP contribution in [-0.4, -0.2) is 27.6 Å². The zero-order valence-electron chi connectivity index (χ0n) is 13.2. The molecule has 1 aromatic carbocycles. The highest BCUT2D eigenvalue weighted by Crippen LogP contribution is 2.21. The second kappa shape index (κ2) is 6.77. The highest BCUT2D eigenvalue weighted by Gasteiger charge is 2.22. The lowest BCUT2D eigenvalue weighted by Crippen LogP contribution is -2.32. The molecule has 1 aliphatic carbocycles. The van der Waals surface area contributed by atoms with E-state index in [-0.39, 0.29) is 17.6 Å². The number of nitrogens with zero attached hydrogens (tertiary/aromatic N) is 3. The van der Waals surface area contributed by atoms with Crippen LogP contribution in [0.15, 0.2) is 48.8 Å². The van der Waals surface area contributed by atoms with E-state index in [2.05, 4.69) is 17.3 Å². The van der Waals surface area contributed by atoms with Gasteiger partial charge < -0.3 is 4.90 Å². The lowest BCUT2D eigenvalue weighted by molar-refractivity contribution is -0.135. The Morgan fingerprint density at radius 1 is 1.35 bits per heavy atom. The van der Waals surface area contributed by atoms with Crippen molar-refractivity contribution in [3.63, 3.8) is 0 Å². The quantitative estimate of drug-likeness (QED) is 0.812. The zero-order chi connectivity index (χ0) is 16.2. The van der Waals surface area contributed by atoms with Gasteiger partial charge in [0, 0.05) is 31.3 Å². The molecule has 3 rings (SSSR count). The molecule has 120 valence electrons. The molecule has 4 nitrogen and oxygen atoms in total. The number of amides is 1. The van der Waals surface area contributed by atoms with Crippen molar-refractivity contribution in [2.45, 2.75) is 25.8 Å². The van der Waals surface area contributed by atoms with Gasteiger partial charge in [0.2, 0.25) is 5.91 Å². The van der Waals surface area contributed by atoms with E-state index in [1.54, 1.807) is 27.9 Å². The van der Waals surface area contributed by atoms with Gasteiger partial charge in [-0.25, -0.2) is 9.07 Å². The number of halogens is 1. The van der Waals surface area contributed by atoms with Crippen molar-refractivity contribution in [2.75, 3.05) is 7.05 Å². The molecule has 1 atom stereocenters. The van der Waals surface area contributed by atoms with Gasteiger partial charge in [-0.15, -0.1) is 0 Å². The zero-order valence-corrected chi connectivity index (χ0v) is 13.2. The maximum Gasteiger partial charge on any atom is 0.226 e. The van der Waals surface area contributed by atoms with Crippen LogP contribution in [0.1, 0.15) is 24.8 Å². The fourth-order valence-corrected chi connectivity index (χ4v) is 2.86. The smallest absolute Gasteiger partial charge is 0.226 e. The Morgan fingerprint density at radius 3 is 2.83 bits per heavy atom. The fourth-order valence-electron chi connectivity index (χ4n) is 2.86. The lowest BCUT2D eigenvalue weighted by atomic mass is 9.93. The summed E-state index contributed by atoms with van der Waals surface area (Å²) in [4.78, 5) is 14.2. The summed E-state index contributed by atoms with van der Waals surface area (Å²) >= 11 is 0. The average molecular weight is 313 g/mol. The van der Waals surface area contributed by atoms with E-state index >= 15 is 0 Å². The lowest BCUT2D eigenvalue weighted by Gasteiger charge is -2.24. The van der Waals surface area contributed by atoms with E-state index in [1.807, 2.05) is 13.2 Å². The number of rotatable bonds is 4. The molecule has 2 aromatic rings. The van der Waals surface area contributed by atoms with E-state index < -0.39 is 0 Å². The topological polar surface area (TPSA) is 38.1 Å². The number of carbonyl (C=O) groups is 1. The maximum absolute atomic E-state index is 13.0. The number of hydrogen-bond donors (Lipinski definition) is 0. The van der Waals surface area contributed by atoms with Crippen molar-refractivity contribution in [3.8, 4) is 5.69 Å². The predicted octanol–water partition coefficient (Wildman–Crippen LogP) is 3.33. The summed E-state index contributed by atoms with van der Waals surface area (Å²) in [6.07, 6.45) is 10.6. The van der Waals surface area contributed by atoms with Crippen molar-refractivity contribution in [3.05, 3.63) is 60.2 Å². The van der Waals surface area contributed by atoms with Crippen molar-refractivity contribution in [2.24, 2.45) is 5.92 Å². The third-order valence-electron chi connectivity index (χ3n) is 4.14. The first-order valence-electron chi connectivity index (χ1n) is 7.83. The van der Waals surface area contributed by atoms with Crippen LogP contribution in [0.4, 0.5) is 4.39 Å². The van der Waals surface area contributed by atoms with Crippen LogP contribution in [0, 0.1) is 11.7 Å². The molecule has 0 saturated carbocycles. The van der Waals surface area contributed by atoms with Crippen LogP contribution < -0.4 is 0 Å². The Morgan fingerprint density at radius 2 is 2.13 bits per heavy atom. The average Bonchev–Trinajstić information content (AvgIpc) is 3.04. The molecule has 1 heterocycles. The van der Waals surface area contributed by atoms with E-state index in [9.17, 15) is 9.18 Å². The Hall–Kier alpha value is -2.43. The minimum atomic E-state index is -0.270. The molecule has 0 unspecified atom stereocenters. The summed E-state index contributed by atoms with van der Waals surface area (Å²) in [7, 11) is 1.83. The van der Waals surface area contributed by atoms with Crippen molar-refractivity contribution < 1.29 is 9.18 Å². The largest absolute Gasteiger partial charge is 0.341 e. The van der Waals surface area contributed by atoms with Crippen LogP contribution in [0.25, 0.3) is 5.69 Å². The number of allylic oxidation sites excluding steroid dienone is 2. The third-order valence-corrected chi connectivity index (χ3v) is 4.14. The molecule has 0 aliphatic heterocycles. The summed E-state index contributed by atoms with van der Waals surface area (Å²) in [6.45, 7) is 0.528. The van der Waals surface area contributed by atoms with Crippen molar-refractivity contribution in [1.82, 2.24) is 14.7 Å². The second-order valence-electron chi connectivity index (χ2n) is 5.95. The van der Waals surface area contributed by atoms with Gasteiger partial charge in [-0.3, -0.25) is 4.79 Å². The van der Waals surface area contributed by atoms with E-state index in [4.69, 9.17) is 0 Å². The summed E-state index contributed by atoms with van der Waals surface area (Å²) in [5.41, 5.74) is 1.75. The molecule has 0 saturated heterocycles. The maximum atomic E-state index is 13.0. The Kier molecular flexibility index (Phi) is 4.55. The normalized spacial score (nSPS) is 17.2. The van der Waals surface area contributed by atoms with E-state index in [1.165, 1.54) is 12.1 Å². The molecule has 0 N–H and O–H groups in total. The van der Waals surface area contributed by atoms with E-state index in [0.717, 1.165) is 30.5 Å². The molecular formula is C18H20FN3O. The van der Waals surface area contributed by atoms with Crippen molar-refractivity contribution >= 4 is 5.91 Å². The van der Waals surface area contributed by atoms with Gasteiger partial charge >= 0.3 is 0 Å². The van der Waals surface area contributed by atoms with E-state index in [0.29, 0.717) is 6.54 Å². The Labute approximate surface area is 135 Å². The molecule has 1 aliphatic rings. The highest BCUT2D eigenvalue weighted by atomic mass is 19.1. The van der Waals surface area contributed by atoms with Gasteiger partial charge in [0.25, 0.3) is 0 Å². The van der Waals surface area contributed by atoms with Crippen molar-refractivity contribution in [1.29, 1.82) is 0 Å². The van der Waals surface area contributed by atoms with Gasteiger partial charge in [0.05, 0.1) is 11.9 Å². The van der Waals surface area contributed by atoms with Crippen LogP contribution >= 0.6 is 0 Å². The first-order valence-corrected chi connectivity index (χ1v) is 7.83. The van der Waals surface area contributed by atoms with Crippen LogP contribution in [0.3, 0.4) is 0 Å². The van der Waals surface area contributed by atoms with Gasteiger partial charge in [-0.05, 0) is 43.5 Å². The monoisotopic (exact) mass is 313 g/mol. The number of hydrogen-bond acceptors (Lipinski definition) is 2. The molecule has 0 radical (unpaired) electrons. The third kappa shape index (κ3) is 3.67. The standard InChI is InChI=1S/C18H20FN3O/c1-21(18(23)15-5-3-2-4-6-15)12-14-11-20-22(13-14)17-9-7-16(19)8-10-17/h2-3,7-11,13,15H,4-6,12H2,1H3/t15-/m0/s1. The first-order chi connectivity index (χ1) is 11.1. The molecule has 1 amide bonds. The van der Waals surface area contributed by atoms with Crippen LogP contribution in [0.5, 0.6) is 0 Å². The predicted molar refractivity (Wildman–Crippen MR) is 86.5 cm³/mol. The first kappa shape index (κ1) is 15.5. The summed E-state index contributed by atoms with van der Waals surface area (Å²) in [6, 6.07) is 6.16. The Balaban J connectivity index is 1.65. The molecule has 1 aromatic heterocycles. The molecule has 5 heteroatoms. The number of carbonyl (C=O) groups excluding carboxylic acids is 1. The van der Waals surface area contributed by atoms with Crippen LogP contribution in [-0.2, 0) is 11.3 Å². The van der Waals surface area contributed by atoms with Gasteiger partial charge in [-0.2, -0.15) is 5.10 Å². The summed E-state index contributed by atoms with van der Waals surface area (Å²) < 4.78 is 14.7. The van der Waals surface area contributed by atoms with Gasteiger partial charge in [0.1, 0.15) is 5.82 Å².